The van der Waals surface area contributed by atoms with Crippen LogP contribution in [0.1, 0.15) is 0 Å². The molecule has 6 nitrogen and oxygen atoms in total. The maximum Gasteiger partial charge on any atom is 0.253 e. The van der Waals surface area contributed by atoms with Gasteiger partial charge < -0.3 is 9.79 Å². The first kappa shape index (κ1) is 9.67. The summed E-state index contributed by atoms with van der Waals surface area (Å²) < 4.78 is 0. The quantitative estimate of drug-likeness (QED) is 0.381. The van der Waals surface area contributed by atoms with Crippen LogP contribution in [0.4, 0.5) is 0 Å². The Morgan fingerprint density at radius 1 is 1.40 bits per heavy atom. The van der Waals surface area contributed by atoms with E-state index in [1.807, 2.05) is 0 Å². The third-order valence-corrected chi connectivity index (χ3v) is 0.331. The second kappa shape index (κ2) is 4.48. The number of H-pyrrole nitrogens is 1. The molecule has 1 aromatic rings. The molecule has 10 heavy (non-hydrogen) atoms. The van der Waals surface area contributed by atoms with Gasteiger partial charge in [-0.2, -0.15) is 15.4 Å². The van der Waals surface area contributed by atoms with Crippen molar-refractivity contribution in [1.82, 2.24) is 15.4 Å². The first-order valence-corrected chi connectivity index (χ1v) is 4.91. The monoisotopic (exact) mass is 182 g/mol. The molecule has 1 aromatic heterocycles. The van der Waals surface area contributed by atoms with Gasteiger partial charge in [0.25, 0.3) is 6.64 Å². The van der Waals surface area contributed by atoms with E-state index in [1.165, 1.54) is 0 Å². The zero-order chi connectivity index (χ0) is 8.04. The van der Waals surface area contributed by atoms with Gasteiger partial charge in [-0.05, 0) is 11.8 Å². The van der Waals surface area contributed by atoms with Crippen molar-refractivity contribution in [3.63, 3.8) is 0 Å². The minimum atomic E-state index is -3.31. The van der Waals surface area contributed by atoms with E-state index >= 15 is 0 Å². The Morgan fingerprint density at radius 2 is 1.70 bits per heavy atom. The number of hydrogen-bond donors (Lipinski definition) is 4. The molecule has 0 aliphatic heterocycles. The predicted octanol–water partition coefficient (Wildman–Crippen LogP) is -1.04. The van der Waals surface area contributed by atoms with Crippen LogP contribution >= 0.6 is 6.64 Å². The van der Waals surface area contributed by atoms with Crippen molar-refractivity contribution >= 4 is 18.4 Å². The Bertz CT molecular complexity index is 170. The molecule has 58 valence electrons. The van der Waals surface area contributed by atoms with E-state index in [0.29, 0.717) is 0 Å². The average molecular weight is 182 g/mol. The van der Waals surface area contributed by atoms with E-state index in [1.54, 1.807) is 12.4 Å². The number of aromatic amines is 1. The number of nitrogens with one attached hydrogen (secondary N) is 1. The second-order valence-corrected chi connectivity index (χ2v) is 4.04. The number of aromatic nitrogens is 3. The Balaban J connectivity index is 0.000000162. The van der Waals surface area contributed by atoms with Crippen LogP contribution < -0.4 is 5.50 Å². The van der Waals surface area contributed by atoms with Gasteiger partial charge in [0.2, 0.25) is 0 Å². The fraction of sp³-hybridized carbons (Fsp3) is 0. The molecule has 0 saturated heterocycles. The molecule has 0 aliphatic rings. The van der Waals surface area contributed by atoms with Gasteiger partial charge >= 0.3 is 0 Å². The van der Waals surface area contributed by atoms with Crippen LogP contribution in [-0.2, 0) is 11.8 Å². The van der Waals surface area contributed by atoms with E-state index in [-0.39, 0.29) is 0 Å². The van der Waals surface area contributed by atoms with Crippen molar-refractivity contribution in [3.8, 4) is 0 Å². The Morgan fingerprint density at radius 3 is 1.80 bits per heavy atom. The summed E-state index contributed by atoms with van der Waals surface area (Å²) in [5.41, 5.74) is 4.39. The molecule has 0 amide bonds. The third kappa shape index (κ3) is 15.6. The molecule has 8 heteroatoms. The molecule has 0 fully saturated rings. The molecular formula is C2H7N4O2PS. The maximum absolute atomic E-state index is 7.78. The van der Waals surface area contributed by atoms with Gasteiger partial charge in [0.05, 0.1) is 12.4 Å². The minimum Gasteiger partial charge on any atom is -0.334 e. The van der Waals surface area contributed by atoms with Crippen LogP contribution in [0, 0.1) is 0 Å². The van der Waals surface area contributed by atoms with E-state index < -0.39 is 6.64 Å². The highest BCUT2D eigenvalue weighted by Crippen LogP contribution is 2.20. The molecule has 0 aliphatic carbocycles. The van der Waals surface area contributed by atoms with E-state index in [2.05, 4.69) is 32.7 Å². The lowest BCUT2D eigenvalue weighted by Gasteiger charge is -1.90. The zero-order valence-corrected chi connectivity index (χ0v) is 6.59. The third-order valence-electron chi connectivity index (χ3n) is 0.331. The van der Waals surface area contributed by atoms with Crippen LogP contribution in [0.3, 0.4) is 0 Å². The van der Waals surface area contributed by atoms with Crippen molar-refractivity contribution in [2.45, 2.75) is 0 Å². The lowest BCUT2D eigenvalue weighted by atomic mass is 11.0. The summed E-state index contributed by atoms with van der Waals surface area (Å²) >= 11 is 3.83. The number of rotatable bonds is 0. The van der Waals surface area contributed by atoms with Gasteiger partial charge in [0.15, 0.2) is 0 Å². The smallest absolute Gasteiger partial charge is 0.253 e. The average Bonchev–Trinajstić information content (AvgIpc) is 2.07. The van der Waals surface area contributed by atoms with Crippen LogP contribution in [0.15, 0.2) is 12.4 Å². The molecule has 0 bridgehead atoms. The minimum absolute atomic E-state index is 1.58. The van der Waals surface area contributed by atoms with Gasteiger partial charge in [0.1, 0.15) is 0 Å². The molecule has 1 rings (SSSR count). The highest BCUT2D eigenvalue weighted by Gasteiger charge is 1.88. The summed E-state index contributed by atoms with van der Waals surface area (Å²) in [5, 5.41) is 9.33. The molecule has 0 atom stereocenters. The highest BCUT2D eigenvalue weighted by atomic mass is 32.5. The largest absolute Gasteiger partial charge is 0.334 e. The van der Waals surface area contributed by atoms with Crippen molar-refractivity contribution in [3.05, 3.63) is 12.4 Å². The Hall–Kier alpha value is -0.330. The lowest BCUT2D eigenvalue weighted by molar-refractivity contribution is 0.481. The highest BCUT2D eigenvalue weighted by molar-refractivity contribution is 8.07. The summed E-state index contributed by atoms with van der Waals surface area (Å²) in [5.74, 6) is 0. The van der Waals surface area contributed by atoms with Crippen LogP contribution in [0.5, 0.6) is 0 Å². The normalized spacial score (nSPS) is 9.90. The summed E-state index contributed by atoms with van der Waals surface area (Å²) in [6, 6.07) is 0. The van der Waals surface area contributed by atoms with Crippen molar-refractivity contribution in [1.29, 1.82) is 0 Å². The SMILES string of the molecule is NP(O)(O)=S.c1cn[nH]n1. The summed E-state index contributed by atoms with van der Waals surface area (Å²) in [4.78, 5) is 15.6. The molecule has 0 saturated carbocycles. The standard InChI is InChI=1S/C2H3N3.H4NO2PS/c1-2-4-5-3-1;1-4(2,3)5/h1-2H,(H,3,4,5);(H4,1,2,3,5). The van der Waals surface area contributed by atoms with Gasteiger partial charge in [-0.1, -0.05) is 0 Å². The summed E-state index contributed by atoms with van der Waals surface area (Å²) in [6.07, 6.45) is 3.17. The Kier molecular flexibility index (Phi) is 4.33. The van der Waals surface area contributed by atoms with Crippen LogP contribution in [0.2, 0.25) is 0 Å². The first-order valence-electron chi connectivity index (χ1n) is 2.14. The van der Waals surface area contributed by atoms with Crippen LogP contribution in [0.25, 0.3) is 0 Å². The molecular weight excluding hydrogens is 175 g/mol. The second-order valence-electron chi connectivity index (χ2n) is 1.25. The zero-order valence-electron chi connectivity index (χ0n) is 4.88. The fourth-order valence-corrected chi connectivity index (χ4v) is 0.167. The van der Waals surface area contributed by atoms with Crippen molar-refractivity contribution in [2.24, 2.45) is 5.50 Å². The molecule has 5 N–H and O–H groups in total. The maximum atomic E-state index is 7.78. The van der Waals surface area contributed by atoms with Crippen LogP contribution in [-0.4, -0.2) is 25.2 Å². The van der Waals surface area contributed by atoms with Gasteiger partial charge in [-0.3, -0.25) is 5.50 Å². The molecule has 0 unspecified atom stereocenters. The number of hydrogen-bond acceptors (Lipinski definition) is 3. The molecule has 0 radical (unpaired) electrons. The first-order chi connectivity index (χ1) is 4.50. The molecule has 0 spiro atoms. The van der Waals surface area contributed by atoms with Gasteiger partial charge in [0, 0.05) is 0 Å². The van der Waals surface area contributed by atoms with Gasteiger partial charge in [-0.15, -0.1) is 0 Å². The Labute approximate surface area is 62.3 Å². The lowest BCUT2D eigenvalue weighted by Crippen LogP contribution is -1.86. The van der Waals surface area contributed by atoms with E-state index in [9.17, 15) is 0 Å². The summed E-state index contributed by atoms with van der Waals surface area (Å²) in [6.45, 7) is -3.31. The number of nitrogens with zero attached hydrogens (tertiary/aromatic N) is 2. The molecule has 0 aromatic carbocycles. The van der Waals surface area contributed by atoms with E-state index in [4.69, 9.17) is 9.79 Å². The number of nitrogens with two attached hydrogens (primary N) is 1. The summed E-state index contributed by atoms with van der Waals surface area (Å²) in [7, 11) is 0. The van der Waals surface area contributed by atoms with Crippen molar-refractivity contribution < 1.29 is 9.79 Å². The predicted molar refractivity (Wildman–Crippen MR) is 39.3 cm³/mol. The van der Waals surface area contributed by atoms with Crippen molar-refractivity contribution in [2.75, 3.05) is 0 Å². The topological polar surface area (TPSA) is 108 Å². The fourth-order valence-electron chi connectivity index (χ4n) is 0.167. The van der Waals surface area contributed by atoms with Gasteiger partial charge in [-0.25, -0.2) is 0 Å². The van der Waals surface area contributed by atoms with E-state index in [0.717, 1.165) is 0 Å². The molecule has 1 heterocycles.